The molecule has 0 saturated heterocycles. The number of hydrogen-bond donors (Lipinski definition) is 1. The largest absolute Gasteiger partial charge is 0.449 e. The van der Waals surface area contributed by atoms with Crippen molar-refractivity contribution in [3.8, 4) is 23.0 Å². The monoisotopic (exact) mass is 379 g/mol. The highest BCUT2D eigenvalue weighted by Gasteiger charge is 2.30. The Balaban J connectivity index is 0.00000243. The summed E-state index contributed by atoms with van der Waals surface area (Å²) in [6.07, 6.45) is 0. The first-order valence-electron chi connectivity index (χ1n) is 7.66. The Morgan fingerprint density at radius 3 is 2.42 bits per heavy atom. The Labute approximate surface area is 156 Å². The molecule has 2 aromatic rings. The van der Waals surface area contributed by atoms with Gasteiger partial charge in [0.2, 0.25) is 5.75 Å². The standard InChI is InChI=1S/C17H17N3O5.ClH/c1-19(2)10-9-18-17(21)11-5-3-7-13-15(11)25-16-12(20(22)23)6-4-8-14(16)24-13;/h3-8H,9-10H2,1-2H3,(H,18,21);1H. The van der Waals surface area contributed by atoms with Crippen LogP contribution in [-0.4, -0.2) is 42.9 Å². The summed E-state index contributed by atoms with van der Waals surface area (Å²) in [6.45, 7) is 1.15. The highest BCUT2D eigenvalue weighted by Crippen LogP contribution is 2.50. The molecular formula is C17H18ClN3O5. The number of benzene rings is 2. The van der Waals surface area contributed by atoms with Crippen LogP contribution in [0, 0.1) is 10.1 Å². The molecule has 1 N–H and O–H groups in total. The predicted octanol–water partition coefficient (Wildman–Crippen LogP) is 3.21. The van der Waals surface area contributed by atoms with E-state index in [2.05, 4.69) is 5.32 Å². The number of nitro benzene ring substituents is 1. The fourth-order valence-electron chi connectivity index (χ4n) is 2.42. The van der Waals surface area contributed by atoms with Crippen LogP contribution in [0.25, 0.3) is 0 Å². The lowest BCUT2D eigenvalue weighted by Gasteiger charge is -2.22. The van der Waals surface area contributed by atoms with Crippen molar-refractivity contribution in [3.05, 3.63) is 52.1 Å². The molecule has 0 atom stereocenters. The van der Waals surface area contributed by atoms with Gasteiger partial charge in [0.05, 0.1) is 10.5 Å². The fraction of sp³-hybridized carbons (Fsp3) is 0.235. The van der Waals surface area contributed by atoms with Crippen LogP contribution >= 0.6 is 12.4 Å². The molecule has 0 saturated carbocycles. The van der Waals surface area contributed by atoms with E-state index in [-0.39, 0.29) is 46.8 Å². The van der Waals surface area contributed by atoms with E-state index in [0.29, 0.717) is 18.8 Å². The van der Waals surface area contributed by atoms with E-state index in [0.717, 1.165) is 0 Å². The Kier molecular flexibility index (Phi) is 6.01. The van der Waals surface area contributed by atoms with Gasteiger partial charge in [-0.2, -0.15) is 0 Å². The van der Waals surface area contributed by atoms with Crippen LogP contribution in [0.2, 0.25) is 0 Å². The van der Waals surface area contributed by atoms with Crippen LogP contribution in [0.4, 0.5) is 5.69 Å². The zero-order valence-corrected chi connectivity index (χ0v) is 15.0. The molecule has 9 heteroatoms. The minimum Gasteiger partial charge on any atom is -0.449 e. The normalized spacial score (nSPS) is 11.3. The first-order valence-corrected chi connectivity index (χ1v) is 7.66. The van der Waals surface area contributed by atoms with E-state index < -0.39 is 4.92 Å². The van der Waals surface area contributed by atoms with Crippen LogP contribution < -0.4 is 14.8 Å². The number of rotatable bonds is 5. The molecular weight excluding hydrogens is 362 g/mol. The molecule has 0 aliphatic carbocycles. The molecule has 0 bridgehead atoms. The maximum absolute atomic E-state index is 12.4. The summed E-state index contributed by atoms with van der Waals surface area (Å²) in [4.78, 5) is 25.0. The van der Waals surface area contributed by atoms with E-state index in [4.69, 9.17) is 9.47 Å². The summed E-state index contributed by atoms with van der Waals surface area (Å²) < 4.78 is 11.4. The van der Waals surface area contributed by atoms with Crippen molar-refractivity contribution in [1.29, 1.82) is 0 Å². The van der Waals surface area contributed by atoms with E-state index in [9.17, 15) is 14.9 Å². The maximum atomic E-state index is 12.4. The summed E-state index contributed by atoms with van der Waals surface area (Å²) in [5.74, 6) is 0.421. The number of halogens is 1. The third kappa shape index (κ3) is 3.87. The average molecular weight is 380 g/mol. The SMILES string of the molecule is CN(C)CCNC(=O)c1cccc2c1Oc1c(cccc1[N+](=O)[O-])O2.Cl. The minimum atomic E-state index is -0.549. The van der Waals surface area contributed by atoms with Crippen LogP contribution in [0.15, 0.2) is 36.4 Å². The van der Waals surface area contributed by atoms with Gasteiger partial charge in [-0.3, -0.25) is 14.9 Å². The molecule has 0 unspecified atom stereocenters. The molecule has 0 radical (unpaired) electrons. The number of carbonyl (C=O) groups excluding carboxylic acids is 1. The third-order valence-corrected chi connectivity index (χ3v) is 3.65. The quantitative estimate of drug-likeness (QED) is 0.540. The van der Waals surface area contributed by atoms with E-state index >= 15 is 0 Å². The third-order valence-electron chi connectivity index (χ3n) is 3.65. The Morgan fingerprint density at radius 1 is 1.12 bits per heavy atom. The van der Waals surface area contributed by atoms with Gasteiger partial charge in [-0.15, -0.1) is 12.4 Å². The van der Waals surface area contributed by atoms with Gasteiger partial charge in [0.1, 0.15) is 0 Å². The van der Waals surface area contributed by atoms with E-state index in [1.165, 1.54) is 12.1 Å². The smallest absolute Gasteiger partial charge is 0.315 e. The second-order valence-electron chi connectivity index (χ2n) is 5.76. The van der Waals surface area contributed by atoms with E-state index in [1.807, 2.05) is 19.0 Å². The molecule has 138 valence electrons. The van der Waals surface area contributed by atoms with Crippen molar-refractivity contribution in [1.82, 2.24) is 10.2 Å². The minimum absolute atomic E-state index is 0. The number of amides is 1. The van der Waals surface area contributed by atoms with Crippen LogP contribution in [0.5, 0.6) is 23.0 Å². The first kappa shape index (κ1) is 19.5. The summed E-state index contributed by atoms with van der Waals surface area (Å²) in [5.41, 5.74) is 0.0472. The van der Waals surface area contributed by atoms with Gasteiger partial charge in [0.15, 0.2) is 17.2 Å². The average Bonchev–Trinajstić information content (AvgIpc) is 2.58. The second kappa shape index (κ2) is 8.03. The van der Waals surface area contributed by atoms with Crippen LogP contribution in [0.3, 0.4) is 0 Å². The zero-order valence-electron chi connectivity index (χ0n) is 14.2. The highest BCUT2D eigenvalue weighted by atomic mass is 35.5. The van der Waals surface area contributed by atoms with Crippen molar-refractivity contribution in [3.63, 3.8) is 0 Å². The van der Waals surface area contributed by atoms with Gasteiger partial charge in [-0.1, -0.05) is 12.1 Å². The number of nitrogens with zero attached hydrogens (tertiary/aromatic N) is 2. The Hall–Kier alpha value is -2.84. The molecule has 1 heterocycles. The van der Waals surface area contributed by atoms with Crippen LogP contribution in [-0.2, 0) is 0 Å². The van der Waals surface area contributed by atoms with Gasteiger partial charge in [0.25, 0.3) is 5.91 Å². The fourth-order valence-corrected chi connectivity index (χ4v) is 2.42. The first-order chi connectivity index (χ1) is 12.0. The van der Waals surface area contributed by atoms with Crippen molar-refractivity contribution in [2.45, 2.75) is 0 Å². The molecule has 0 spiro atoms. The summed E-state index contributed by atoms with van der Waals surface area (Å²) in [5, 5.41) is 14.0. The van der Waals surface area contributed by atoms with Gasteiger partial charge >= 0.3 is 5.69 Å². The van der Waals surface area contributed by atoms with Crippen molar-refractivity contribution in [2.24, 2.45) is 0 Å². The number of nitro groups is 1. The van der Waals surface area contributed by atoms with Gasteiger partial charge < -0.3 is 19.7 Å². The Morgan fingerprint density at radius 2 is 1.77 bits per heavy atom. The lowest BCUT2D eigenvalue weighted by molar-refractivity contribution is -0.385. The predicted molar refractivity (Wildman–Crippen MR) is 97.8 cm³/mol. The molecule has 26 heavy (non-hydrogen) atoms. The van der Waals surface area contributed by atoms with E-state index in [1.54, 1.807) is 24.3 Å². The molecule has 8 nitrogen and oxygen atoms in total. The number of ether oxygens (including phenoxy) is 2. The maximum Gasteiger partial charge on any atom is 0.315 e. The molecule has 3 rings (SSSR count). The zero-order chi connectivity index (χ0) is 18.0. The van der Waals surface area contributed by atoms with Crippen molar-refractivity contribution < 1.29 is 19.2 Å². The van der Waals surface area contributed by atoms with Crippen LogP contribution in [0.1, 0.15) is 10.4 Å². The number of carbonyl (C=O) groups is 1. The van der Waals surface area contributed by atoms with Crippen molar-refractivity contribution in [2.75, 3.05) is 27.2 Å². The summed E-state index contributed by atoms with van der Waals surface area (Å²) in [6, 6.07) is 9.33. The molecule has 2 aromatic carbocycles. The lowest BCUT2D eigenvalue weighted by Crippen LogP contribution is -2.31. The number of nitrogens with one attached hydrogen (secondary N) is 1. The number of fused-ring (bicyclic) bond motifs is 2. The molecule has 1 aliphatic rings. The number of para-hydroxylation sites is 2. The number of likely N-dealkylation sites (N-methyl/N-ethyl adjacent to an activating group) is 1. The Bertz CT molecular complexity index is 841. The van der Waals surface area contributed by atoms with Gasteiger partial charge in [-0.25, -0.2) is 0 Å². The summed E-state index contributed by atoms with van der Waals surface area (Å²) >= 11 is 0. The molecule has 0 fully saturated rings. The lowest BCUT2D eigenvalue weighted by atomic mass is 10.1. The van der Waals surface area contributed by atoms with Crippen molar-refractivity contribution >= 4 is 24.0 Å². The number of hydrogen-bond acceptors (Lipinski definition) is 6. The topological polar surface area (TPSA) is 93.9 Å². The highest BCUT2D eigenvalue weighted by molar-refractivity contribution is 5.98. The second-order valence-corrected chi connectivity index (χ2v) is 5.76. The van der Waals surface area contributed by atoms with Gasteiger partial charge in [0, 0.05) is 19.2 Å². The van der Waals surface area contributed by atoms with Gasteiger partial charge in [-0.05, 0) is 32.3 Å². The molecule has 1 aliphatic heterocycles. The molecule has 1 amide bonds. The molecule has 0 aromatic heterocycles. The summed E-state index contributed by atoms with van der Waals surface area (Å²) in [7, 11) is 3.81.